The number of hydrogen-bond acceptors (Lipinski definition) is 10. The van der Waals surface area contributed by atoms with Crippen molar-refractivity contribution in [1.82, 2.24) is 19.9 Å². The van der Waals surface area contributed by atoms with Crippen LogP contribution in [0, 0.1) is 18.6 Å². The third-order valence-corrected chi connectivity index (χ3v) is 6.42. The number of pyridine rings is 3. The van der Waals surface area contributed by atoms with Crippen molar-refractivity contribution in [2.24, 2.45) is 0 Å². The van der Waals surface area contributed by atoms with Gasteiger partial charge in [0.1, 0.15) is 17.1 Å². The zero-order valence-corrected chi connectivity index (χ0v) is 24.3. The summed E-state index contributed by atoms with van der Waals surface area (Å²) in [6.07, 6.45) is 5.70. The van der Waals surface area contributed by atoms with Crippen molar-refractivity contribution in [2.45, 2.75) is 6.92 Å². The molecule has 11 nitrogen and oxygen atoms in total. The van der Waals surface area contributed by atoms with E-state index >= 15 is 8.78 Å². The van der Waals surface area contributed by atoms with Gasteiger partial charge in [0.25, 0.3) is 0 Å². The largest absolute Gasteiger partial charge is 0.494 e. The number of anilines is 4. The van der Waals surface area contributed by atoms with Crippen LogP contribution < -0.4 is 25.4 Å². The van der Waals surface area contributed by atoms with Gasteiger partial charge >= 0.3 is 0 Å². The molecule has 0 saturated carbocycles. The van der Waals surface area contributed by atoms with E-state index in [1.54, 1.807) is 18.3 Å². The van der Waals surface area contributed by atoms with Crippen LogP contribution in [0.15, 0.2) is 49.4 Å². The number of hydrogen-bond donors (Lipinski definition) is 3. The average Bonchev–Trinajstić information content (AvgIpc) is 2.98. The van der Waals surface area contributed by atoms with Crippen LogP contribution in [0.2, 0.25) is 0 Å². The monoisotopic (exact) mass is 591 g/mol. The molecule has 4 rings (SSSR count). The zero-order chi connectivity index (χ0) is 31.3. The number of ether oxygens (including phenoxy) is 2. The third-order valence-electron chi connectivity index (χ3n) is 6.42. The van der Waals surface area contributed by atoms with Crippen molar-refractivity contribution < 1.29 is 27.8 Å². The summed E-state index contributed by atoms with van der Waals surface area (Å²) in [5.41, 5.74) is 1.24. The standard InChI is InChI=1S/C30H31F2N7O4/c1-7-24(40)36-20-14-33-13-16(2)28(20)38-23-11-17-10-18(34-8-9-39(3)4)29(37-19(17)15-35-23)30(41)25-26(31)21(42-5)12-22(43-6)27(25)32/h7,10-15,34H,1,8-9H2,2-6H3,(H,36,40)(H,33,35,38). The van der Waals surface area contributed by atoms with Crippen LogP contribution in [-0.4, -0.2) is 72.9 Å². The predicted octanol–water partition coefficient (Wildman–Crippen LogP) is 4.70. The second-order valence-corrected chi connectivity index (χ2v) is 9.69. The first-order chi connectivity index (χ1) is 20.6. The number of carbonyl (C=O) groups is 2. The Hall–Kier alpha value is -5.17. The molecule has 3 N–H and O–H groups in total. The fraction of sp³-hybridized carbons (Fsp3) is 0.233. The highest BCUT2D eigenvalue weighted by Crippen LogP contribution is 2.35. The molecule has 0 fully saturated rings. The molecule has 0 unspecified atom stereocenters. The number of rotatable bonds is 12. The highest BCUT2D eigenvalue weighted by molar-refractivity contribution is 6.13. The van der Waals surface area contributed by atoms with Crippen LogP contribution >= 0.6 is 0 Å². The number of aryl methyl sites for hydroxylation is 1. The second-order valence-electron chi connectivity index (χ2n) is 9.69. The number of methoxy groups -OCH3 is 2. The van der Waals surface area contributed by atoms with E-state index in [1.807, 2.05) is 25.9 Å². The smallest absolute Gasteiger partial charge is 0.247 e. The topological polar surface area (TPSA) is 131 Å². The minimum absolute atomic E-state index is 0.207. The van der Waals surface area contributed by atoms with Gasteiger partial charge in [0, 0.05) is 30.7 Å². The molecule has 0 atom stereocenters. The van der Waals surface area contributed by atoms with Gasteiger partial charge in [-0.25, -0.2) is 18.7 Å². The molecular formula is C30H31F2N7O4. The van der Waals surface area contributed by atoms with E-state index in [9.17, 15) is 9.59 Å². The predicted molar refractivity (Wildman–Crippen MR) is 161 cm³/mol. The summed E-state index contributed by atoms with van der Waals surface area (Å²) in [6.45, 7) is 6.30. The Morgan fingerprint density at radius 1 is 1.02 bits per heavy atom. The number of carbonyl (C=O) groups excluding carboxylic acids is 2. The number of nitrogens with one attached hydrogen (secondary N) is 3. The molecule has 0 radical (unpaired) electrons. The lowest BCUT2D eigenvalue weighted by molar-refractivity contribution is -0.111. The lowest BCUT2D eigenvalue weighted by Gasteiger charge is -2.17. The fourth-order valence-electron chi connectivity index (χ4n) is 4.21. The minimum Gasteiger partial charge on any atom is -0.494 e. The molecular weight excluding hydrogens is 560 g/mol. The molecule has 0 spiro atoms. The molecule has 0 bridgehead atoms. The average molecular weight is 592 g/mol. The van der Waals surface area contributed by atoms with Crippen LogP contribution in [0.5, 0.6) is 11.5 Å². The molecule has 0 aliphatic heterocycles. The Bertz CT molecular complexity index is 1680. The fourth-order valence-corrected chi connectivity index (χ4v) is 4.21. The van der Waals surface area contributed by atoms with Gasteiger partial charge in [-0.1, -0.05) is 6.58 Å². The van der Waals surface area contributed by atoms with Crippen molar-refractivity contribution in [1.29, 1.82) is 0 Å². The third kappa shape index (κ3) is 6.67. The van der Waals surface area contributed by atoms with Gasteiger partial charge in [-0.15, -0.1) is 0 Å². The Morgan fingerprint density at radius 3 is 2.35 bits per heavy atom. The second kappa shape index (κ2) is 13.2. The van der Waals surface area contributed by atoms with Crippen molar-refractivity contribution in [2.75, 3.05) is 57.4 Å². The molecule has 4 aromatic rings. The van der Waals surface area contributed by atoms with E-state index in [1.165, 1.54) is 26.6 Å². The highest BCUT2D eigenvalue weighted by Gasteiger charge is 2.29. The van der Waals surface area contributed by atoms with Gasteiger partial charge < -0.3 is 30.3 Å². The lowest BCUT2D eigenvalue weighted by atomic mass is 10.0. The zero-order valence-electron chi connectivity index (χ0n) is 24.3. The maximum Gasteiger partial charge on any atom is 0.247 e. The number of amides is 1. The molecule has 0 aliphatic carbocycles. The summed E-state index contributed by atoms with van der Waals surface area (Å²) in [5.74, 6) is -4.04. The summed E-state index contributed by atoms with van der Waals surface area (Å²) in [5, 5.41) is 9.64. The lowest BCUT2D eigenvalue weighted by Crippen LogP contribution is -2.22. The van der Waals surface area contributed by atoms with E-state index in [0.29, 0.717) is 41.2 Å². The molecule has 0 aliphatic rings. The van der Waals surface area contributed by atoms with E-state index in [-0.39, 0.29) is 22.9 Å². The minimum atomic E-state index is -1.17. The first kappa shape index (κ1) is 30.8. The van der Waals surface area contributed by atoms with Crippen LogP contribution in [0.4, 0.5) is 31.7 Å². The van der Waals surface area contributed by atoms with Gasteiger partial charge in [0.05, 0.1) is 49.2 Å². The highest BCUT2D eigenvalue weighted by atomic mass is 19.1. The number of likely N-dealkylation sites (N-methyl/N-ethyl adjacent to an activating group) is 1. The first-order valence-corrected chi connectivity index (χ1v) is 13.1. The Balaban J connectivity index is 1.81. The van der Waals surface area contributed by atoms with Crippen molar-refractivity contribution in [3.63, 3.8) is 0 Å². The van der Waals surface area contributed by atoms with E-state index in [2.05, 4.69) is 37.5 Å². The van der Waals surface area contributed by atoms with Crippen LogP contribution in [0.3, 0.4) is 0 Å². The SMILES string of the molecule is C=CC(=O)Nc1cncc(C)c1Nc1cc2cc(NCCN(C)C)c(C(=O)c3c(F)c(OC)cc(OC)c3F)nc2cn1. The van der Waals surface area contributed by atoms with Crippen LogP contribution in [-0.2, 0) is 4.79 Å². The number of fused-ring (bicyclic) bond motifs is 1. The summed E-state index contributed by atoms with van der Waals surface area (Å²) < 4.78 is 40.5. The van der Waals surface area contributed by atoms with E-state index < -0.39 is 28.9 Å². The van der Waals surface area contributed by atoms with Gasteiger partial charge in [0.15, 0.2) is 23.1 Å². The number of ketones is 1. The Kier molecular flexibility index (Phi) is 9.46. The van der Waals surface area contributed by atoms with Gasteiger partial charge in [-0.05, 0) is 44.8 Å². The molecule has 224 valence electrons. The molecule has 3 heterocycles. The summed E-state index contributed by atoms with van der Waals surface area (Å²) in [4.78, 5) is 40.6. The van der Waals surface area contributed by atoms with Crippen molar-refractivity contribution in [3.8, 4) is 11.5 Å². The first-order valence-electron chi connectivity index (χ1n) is 13.1. The van der Waals surface area contributed by atoms with E-state index in [0.717, 1.165) is 17.7 Å². The van der Waals surface area contributed by atoms with Gasteiger partial charge in [0.2, 0.25) is 11.7 Å². The maximum absolute atomic E-state index is 15.3. The van der Waals surface area contributed by atoms with Gasteiger partial charge in [-0.3, -0.25) is 14.6 Å². The Morgan fingerprint density at radius 2 is 1.72 bits per heavy atom. The number of aromatic nitrogens is 3. The van der Waals surface area contributed by atoms with E-state index in [4.69, 9.17) is 9.47 Å². The number of nitrogens with zero attached hydrogens (tertiary/aromatic N) is 4. The summed E-state index contributed by atoms with van der Waals surface area (Å²) in [6, 6.07) is 4.39. The Labute approximate surface area is 247 Å². The normalized spacial score (nSPS) is 10.9. The molecule has 3 aromatic heterocycles. The number of benzene rings is 1. The quantitative estimate of drug-likeness (QED) is 0.157. The molecule has 0 saturated heterocycles. The molecule has 1 amide bonds. The summed E-state index contributed by atoms with van der Waals surface area (Å²) >= 11 is 0. The maximum atomic E-state index is 15.3. The van der Waals surface area contributed by atoms with Crippen molar-refractivity contribution in [3.05, 3.63) is 77.9 Å². The van der Waals surface area contributed by atoms with Crippen LogP contribution in [0.25, 0.3) is 10.9 Å². The van der Waals surface area contributed by atoms with Crippen LogP contribution in [0.1, 0.15) is 21.6 Å². The molecule has 43 heavy (non-hydrogen) atoms. The molecule has 13 heteroatoms. The summed E-state index contributed by atoms with van der Waals surface area (Å²) in [7, 11) is 6.17. The number of halogens is 2. The van der Waals surface area contributed by atoms with Gasteiger partial charge in [-0.2, -0.15) is 0 Å². The molecule has 1 aromatic carbocycles. The van der Waals surface area contributed by atoms with Crippen molar-refractivity contribution >= 4 is 45.5 Å².